The first-order valence-electron chi connectivity index (χ1n) is 4.22. The topological polar surface area (TPSA) is 94.5 Å². The van der Waals surface area contributed by atoms with Crippen molar-refractivity contribution >= 4 is 15.9 Å². The Bertz CT molecular complexity index is 485. The van der Waals surface area contributed by atoms with Gasteiger partial charge in [-0.15, -0.1) is 0 Å². The third kappa shape index (κ3) is 5.24. The van der Waals surface area contributed by atoms with Crippen molar-refractivity contribution < 1.29 is 56.8 Å². The van der Waals surface area contributed by atoms with Crippen molar-refractivity contribution in [1.82, 2.24) is 0 Å². The van der Waals surface area contributed by atoms with Gasteiger partial charge < -0.3 is 9.66 Å². The van der Waals surface area contributed by atoms with Crippen LogP contribution in [0.1, 0.15) is 16.8 Å². The van der Waals surface area contributed by atoms with Gasteiger partial charge in [0.05, 0.1) is 6.42 Å². The normalized spacial score (nSPS) is 12.6. The van der Waals surface area contributed by atoms with Gasteiger partial charge in [-0.3, -0.25) is 4.79 Å². The van der Waals surface area contributed by atoms with Crippen molar-refractivity contribution in [3.05, 3.63) is 35.6 Å². The SMILES string of the molecule is O=C(CC(O)S(=O)(=O)[O-])c1ccc(F)cc1.[Na+]. The van der Waals surface area contributed by atoms with E-state index in [1.54, 1.807) is 0 Å². The number of carbonyl (C=O) groups excluding carboxylic acids is 1. The number of halogens is 1. The number of aliphatic hydroxyl groups is 1. The fraction of sp³-hybridized carbons (Fsp3) is 0.222. The summed E-state index contributed by atoms with van der Waals surface area (Å²) in [5, 5.41) is 8.88. The van der Waals surface area contributed by atoms with Gasteiger partial charge >= 0.3 is 29.6 Å². The molecule has 88 valence electrons. The van der Waals surface area contributed by atoms with E-state index < -0.39 is 33.6 Å². The second-order valence-corrected chi connectivity index (χ2v) is 4.61. The molecule has 17 heavy (non-hydrogen) atoms. The van der Waals surface area contributed by atoms with Crippen LogP contribution in [0.5, 0.6) is 0 Å². The Morgan fingerprint density at radius 1 is 1.35 bits per heavy atom. The molecule has 1 atom stereocenters. The molecule has 0 spiro atoms. The van der Waals surface area contributed by atoms with Crippen LogP contribution in [0.15, 0.2) is 24.3 Å². The molecule has 0 saturated carbocycles. The Morgan fingerprint density at radius 2 is 1.82 bits per heavy atom. The summed E-state index contributed by atoms with van der Waals surface area (Å²) in [7, 11) is -4.90. The van der Waals surface area contributed by atoms with Gasteiger partial charge in [0.25, 0.3) is 0 Å². The Morgan fingerprint density at radius 3 is 2.24 bits per heavy atom. The molecule has 1 aromatic carbocycles. The standard InChI is InChI=1S/C9H9FO5S.Na/c10-7-3-1-6(2-4-7)8(11)5-9(12)16(13,14)15;/h1-4,9,12H,5H2,(H,13,14,15);/q;+1/p-1. The summed E-state index contributed by atoms with van der Waals surface area (Å²) >= 11 is 0. The zero-order valence-electron chi connectivity index (χ0n) is 8.96. The number of hydrogen-bond acceptors (Lipinski definition) is 5. The van der Waals surface area contributed by atoms with E-state index in [4.69, 9.17) is 5.11 Å². The van der Waals surface area contributed by atoms with E-state index >= 15 is 0 Å². The maximum Gasteiger partial charge on any atom is 1.00 e. The molecule has 0 amide bonds. The molecule has 1 unspecified atom stereocenters. The second kappa shape index (κ2) is 6.58. The van der Waals surface area contributed by atoms with Crippen LogP contribution < -0.4 is 29.6 Å². The van der Waals surface area contributed by atoms with Crippen LogP contribution in [0.3, 0.4) is 0 Å². The predicted molar refractivity (Wildman–Crippen MR) is 51.1 cm³/mol. The van der Waals surface area contributed by atoms with Crippen LogP contribution in [0.2, 0.25) is 0 Å². The average molecular weight is 270 g/mol. The fourth-order valence-electron chi connectivity index (χ4n) is 1.01. The van der Waals surface area contributed by atoms with E-state index in [2.05, 4.69) is 0 Å². The van der Waals surface area contributed by atoms with Gasteiger partial charge in [0, 0.05) is 5.56 Å². The largest absolute Gasteiger partial charge is 1.00 e. The third-order valence-electron chi connectivity index (χ3n) is 1.86. The number of Topliss-reactive ketones (excluding diaryl/α,β-unsaturated/α-hetero) is 1. The molecule has 0 bridgehead atoms. The fourth-order valence-corrected chi connectivity index (χ4v) is 1.37. The second-order valence-electron chi connectivity index (χ2n) is 3.08. The Labute approximate surface area is 120 Å². The van der Waals surface area contributed by atoms with Crippen molar-refractivity contribution in [2.24, 2.45) is 0 Å². The van der Waals surface area contributed by atoms with Gasteiger partial charge in [-0.2, -0.15) is 0 Å². The van der Waals surface area contributed by atoms with Gasteiger partial charge in [-0.1, -0.05) is 0 Å². The van der Waals surface area contributed by atoms with Crippen LogP contribution in [0.4, 0.5) is 4.39 Å². The molecule has 1 aromatic rings. The summed E-state index contributed by atoms with van der Waals surface area (Å²) < 4.78 is 43.5. The summed E-state index contributed by atoms with van der Waals surface area (Å²) in [5.74, 6) is -1.29. The van der Waals surface area contributed by atoms with Crippen molar-refractivity contribution in [3.8, 4) is 0 Å². The van der Waals surface area contributed by atoms with Crippen LogP contribution in [0, 0.1) is 5.82 Å². The number of hydrogen-bond donors (Lipinski definition) is 1. The Hall–Kier alpha value is -0.310. The first-order valence-corrected chi connectivity index (χ1v) is 5.69. The first kappa shape index (κ1) is 16.7. The zero-order chi connectivity index (χ0) is 12.3. The van der Waals surface area contributed by atoms with Crippen molar-refractivity contribution in [3.63, 3.8) is 0 Å². The number of benzene rings is 1. The van der Waals surface area contributed by atoms with Crippen molar-refractivity contribution in [2.45, 2.75) is 11.9 Å². The summed E-state index contributed by atoms with van der Waals surface area (Å²) in [6.45, 7) is 0. The average Bonchev–Trinajstić information content (AvgIpc) is 2.17. The van der Waals surface area contributed by atoms with E-state index in [1.807, 2.05) is 0 Å². The quantitative estimate of drug-likeness (QED) is 0.364. The van der Waals surface area contributed by atoms with E-state index in [0.29, 0.717) is 0 Å². The monoisotopic (exact) mass is 270 g/mol. The van der Waals surface area contributed by atoms with Crippen LogP contribution in [0.25, 0.3) is 0 Å². The van der Waals surface area contributed by atoms with Crippen LogP contribution in [-0.2, 0) is 10.1 Å². The molecule has 0 fully saturated rings. The molecule has 5 nitrogen and oxygen atoms in total. The summed E-state index contributed by atoms with van der Waals surface area (Å²) in [5.41, 5.74) is -2.24. The molecule has 1 rings (SSSR count). The molecule has 0 aromatic heterocycles. The maximum atomic E-state index is 12.5. The van der Waals surface area contributed by atoms with E-state index in [-0.39, 0.29) is 35.1 Å². The summed E-state index contributed by atoms with van der Waals surface area (Å²) in [6, 6.07) is 4.32. The van der Waals surface area contributed by atoms with Crippen molar-refractivity contribution in [1.29, 1.82) is 0 Å². The molecule has 0 heterocycles. The molecule has 0 saturated heterocycles. The number of ketones is 1. The van der Waals surface area contributed by atoms with Gasteiger partial charge in [0.1, 0.15) is 15.9 Å². The van der Waals surface area contributed by atoms with Gasteiger partial charge in [0.2, 0.25) is 0 Å². The molecule has 8 heteroatoms. The van der Waals surface area contributed by atoms with Gasteiger partial charge in [-0.05, 0) is 24.3 Å². The number of aliphatic hydroxyl groups excluding tert-OH is 1. The molecular weight excluding hydrogens is 262 g/mol. The molecule has 0 aliphatic rings. The predicted octanol–water partition coefficient (Wildman–Crippen LogP) is -2.73. The van der Waals surface area contributed by atoms with Gasteiger partial charge in [-0.25, -0.2) is 12.8 Å². The number of carbonyl (C=O) groups is 1. The molecule has 0 aliphatic heterocycles. The third-order valence-corrected chi connectivity index (χ3v) is 2.69. The molecular formula is C9H8FNaO5S. The minimum atomic E-state index is -4.90. The van der Waals surface area contributed by atoms with E-state index in [9.17, 15) is 22.2 Å². The van der Waals surface area contributed by atoms with Gasteiger partial charge in [0.15, 0.2) is 11.2 Å². The zero-order valence-corrected chi connectivity index (χ0v) is 11.8. The summed E-state index contributed by atoms with van der Waals surface area (Å²) in [6.07, 6.45) is -0.836. The smallest absolute Gasteiger partial charge is 0.746 e. The van der Waals surface area contributed by atoms with Crippen LogP contribution >= 0.6 is 0 Å². The summed E-state index contributed by atoms with van der Waals surface area (Å²) in [4.78, 5) is 11.3. The number of rotatable bonds is 4. The Balaban J connectivity index is 0.00000256. The first-order chi connectivity index (χ1) is 7.30. The molecule has 0 aliphatic carbocycles. The maximum absolute atomic E-state index is 12.5. The minimum absolute atomic E-state index is 0. The van der Waals surface area contributed by atoms with E-state index in [0.717, 1.165) is 24.3 Å². The van der Waals surface area contributed by atoms with Crippen LogP contribution in [-0.4, -0.2) is 29.3 Å². The Kier molecular flexibility index (Phi) is 6.46. The van der Waals surface area contributed by atoms with Crippen molar-refractivity contribution in [2.75, 3.05) is 0 Å². The molecule has 0 radical (unpaired) electrons. The molecule has 1 N–H and O–H groups in total. The minimum Gasteiger partial charge on any atom is -0.746 e. The van der Waals surface area contributed by atoms with E-state index in [1.165, 1.54) is 0 Å².